The molecule has 2 amide bonds. The largest absolute Gasteiger partial charge is 0.481 e. The monoisotopic (exact) mass is 438 g/mol. The van der Waals surface area contributed by atoms with E-state index < -0.39 is 12.1 Å². The van der Waals surface area contributed by atoms with Crippen molar-refractivity contribution in [2.45, 2.75) is 51.0 Å². The van der Waals surface area contributed by atoms with E-state index >= 15 is 0 Å². The second-order valence-electron chi connectivity index (χ2n) is 7.98. The van der Waals surface area contributed by atoms with Crippen molar-refractivity contribution in [1.82, 2.24) is 10.6 Å². The summed E-state index contributed by atoms with van der Waals surface area (Å²) in [6.45, 7) is 2.52. The summed E-state index contributed by atoms with van der Waals surface area (Å²) in [5.41, 5.74) is 4.70. The van der Waals surface area contributed by atoms with Gasteiger partial charge >= 0.3 is 12.1 Å². The standard InChI is InChI=1S/C25H30N2O5/c1-2-17(15-24(29)30)27-23(28)13-7-8-14-26-25(31)32-16-22-20-11-5-3-9-18(20)19-10-4-6-12-21(19)22/h3-6,9-12,17,22H,2,7-8,13-16H2,1H3,(H,26,31)(H,27,28)(H,29,30)/t17-/m0/s1. The zero-order chi connectivity index (χ0) is 22.9. The maximum Gasteiger partial charge on any atom is 0.407 e. The summed E-state index contributed by atoms with van der Waals surface area (Å²) in [6, 6.07) is 16.0. The minimum absolute atomic E-state index is 0.0224. The van der Waals surface area contributed by atoms with Crippen molar-refractivity contribution >= 4 is 18.0 Å². The van der Waals surface area contributed by atoms with Crippen LogP contribution >= 0.6 is 0 Å². The molecule has 2 aromatic rings. The van der Waals surface area contributed by atoms with Gasteiger partial charge in [-0.15, -0.1) is 0 Å². The Balaban J connectivity index is 1.37. The zero-order valence-electron chi connectivity index (χ0n) is 18.3. The molecule has 0 radical (unpaired) electrons. The summed E-state index contributed by atoms with van der Waals surface area (Å²) in [6.07, 6.45) is 1.55. The molecular formula is C25H30N2O5. The number of fused-ring (bicyclic) bond motifs is 3. The lowest BCUT2D eigenvalue weighted by Crippen LogP contribution is -2.36. The van der Waals surface area contributed by atoms with E-state index in [1.165, 1.54) is 22.3 Å². The van der Waals surface area contributed by atoms with Crippen LogP contribution in [-0.2, 0) is 14.3 Å². The summed E-state index contributed by atoms with van der Waals surface area (Å²) in [4.78, 5) is 34.8. The molecule has 0 heterocycles. The number of nitrogens with one attached hydrogen (secondary N) is 2. The fraction of sp³-hybridized carbons (Fsp3) is 0.400. The van der Waals surface area contributed by atoms with E-state index in [2.05, 4.69) is 34.9 Å². The summed E-state index contributed by atoms with van der Waals surface area (Å²) < 4.78 is 5.49. The van der Waals surface area contributed by atoms with E-state index in [9.17, 15) is 14.4 Å². The van der Waals surface area contributed by atoms with Gasteiger partial charge in [-0.2, -0.15) is 0 Å². The van der Waals surface area contributed by atoms with E-state index in [1.54, 1.807) is 0 Å². The quantitative estimate of drug-likeness (QED) is 0.459. The molecule has 0 unspecified atom stereocenters. The van der Waals surface area contributed by atoms with Crippen LogP contribution in [0.15, 0.2) is 48.5 Å². The van der Waals surface area contributed by atoms with Gasteiger partial charge in [0.1, 0.15) is 6.61 Å². The number of aliphatic carboxylic acids is 1. The average molecular weight is 439 g/mol. The highest BCUT2D eigenvalue weighted by molar-refractivity contribution is 5.79. The van der Waals surface area contributed by atoms with Crippen molar-refractivity contribution in [3.8, 4) is 11.1 Å². The highest BCUT2D eigenvalue weighted by atomic mass is 16.5. The van der Waals surface area contributed by atoms with Crippen molar-refractivity contribution in [2.75, 3.05) is 13.2 Å². The van der Waals surface area contributed by atoms with Crippen molar-refractivity contribution in [2.24, 2.45) is 0 Å². The van der Waals surface area contributed by atoms with E-state index in [4.69, 9.17) is 9.84 Å². The lowest BCUT2D eigenvalue weighted by Gasteiger charge is -2.15. The number of amides is 2. The molecule has 3 N–H and O–H groups in total. The summed E-state index contributed by atoms with van der Waals surface area (Å²) in [7, 11) is 0. The molecule has 0 aliphatic heterocycles. The molecule has 1 aliphatic rings. The van der Waals surface area contributed by atoms with E-state index in [-0.39, 0.29) is 30.9 Å². The molecule has 0 fully saturated rings. The zero-order valence-corrected chi connectivity index (χ0v) is 18.3. The number of carbonyl (C=O) groups excluding carboxylic acids is 2. The molecule has 1 atom stereocenters. The molecule has 1 aliphatic carbocycles. The fourth-order valence-corrected chi connectivity index (χ4v) is 4.06. The maximum absolute atomic E-state index is 12.1. The number of ether oxygens (including phenoxy) is 1. The highest BCUT2D eigenvalue weighted by Gasteiger charge is 2.28. The van der Waals surface area contributed by atoms with Crippen LogP contribution in [-0.4, -0.2) is 42.3 Å². The van der Waals surface area contributed by atoms with Gasteiger partial charge in [0.25, 0.3) is 0 Å². The normalized spacial score (nSPS) is 13.0. The van der Waals surface area contributed by atoms with Crippen molar-refractivity contribution in [3.05, 3.63) is 59.7 Å². The van der Waals surface area contributed by atoms with Gasteiger partial charge in [0.05, 0.1) is 6.42 Å². The Kier molecular flexibility index (Phi) is 8.25. The van der Waals surface area contributed by atoms with Crippen LogP contribution in [0.2, 0.25) is 0 Å². The molecular weight excluding hydrogens is 408 g/mol. The van der Waals surface area contributed by atoms with Gasteiger partial charge in [-0.3, -0.25) is 9.59 Å². The predicted molar refractivity (Wildman–Crippen MR) is 121 cm³/mol. The van der Waals surface area contributed by atoms with Crippen LogP contribution in [0, 0.1) is 0 Å². The van der Waals surface area contributed by atoms with Crippen LogP contribution in [0.1, 0.15) is 56.1 Å². The Morgan fingerprint density at radius 1 is 1.00 bits per heavy atom. The Bertz CT molecular complexity index is 913. The fourth-order valence-electron chi connectivity index (χ4n) is 4.06. The van der Waals surface area contributed by atoms with Crippen molar-refractivity contribution in [1.29, 1.82) is 0 Å². The topological polar surface area (TPSA) is 105 Å². The van der Waals surface area contributed by atoms with Gasteiger partial charge in [0.15, 0.2) is 0 Å². The molecule has 0 spiro atoms. The van der Waals surface area contributed by atoms with Crippen molar-refractivity contribution < 1.29 is 24.2 Å². The SMILES string of the molecule is CC[C@@H](CC(=O)O)NC(=O)CCCCNC(=O)OCC1c2ccccc2-c2ccccc21. The van der Waals surface area contributed by atoms with Crippen LogP contribution in [0.4, 0.5) is 4.79 Å². The van der Waals surface area contributed by atoms with Gasteiger partial charge in [-0.05, 0) is 41.5 Å². The van der Waals surface area contributed by atoms with E-state index in [0.717, 1.165) is 0 Å². The Morgan fingerprint density at radius 2 is 1.62 bits per heavy atom. The third kappa shape index (κ3) is 6.09. The number of unbranched alkanes of at least 4 members (excludes halogenated alkanes) is 1. The molecule has 0 saturated carbocycles. The first-order chi connectivity index (χ1) is 15.5. The van der Waals surface area contributed by atoms with Gasteiger partial charge in [0.2, 0.25) is 5.91 Å². The Labute approximate surface area is 188 Å². The van der Waals surface area contributed by atoms with Crippen LogP contribution < -0.4 is 10.6 Å². The molecule has 0 bridgehead atoms. The van der Waals surface area contributed by atoms with Gasteiger partial charge < -0.3 is 20.5 Å². The summed E-state index contributed by atoms with van der Waals surface area (Å²) >= 11 is 0. The molecule has 2 aromatic carbocycles. The average Bonchev–Trinajstić information content (AvgIpc) is 3.10. The first kappa shape index (κ1) is 23.3. The third-order valence-electron chi connectivity index (χ3n) is 5.72. The molecule has 32 heavy (non-hydrogen) atoms. The maximum atomic E-state index is 12.1. The van der Waals surface area contributed by atoms with Gasteiger partial charge in [0, 0.05) is 24.9 Å². The molecule has 3 rings (SSSR count). The smallest absolute Gasteiger partial charge is 0.407 e. The van der Waals surface area contributed by atoms with E-state index in [1.807, 2.05) is 31.2 Å². The van der Waals surface area contributed by atoms with Crippen molar-refractivity contribution in [3.63, 3.8) is 0 Å². The molecule has 170 valence electrons. The lowest BCUT2D eigenvalue weighted by molar-refractivity contribution is -0.137. The number of benzene rings is 2. The number of carboxylic acid groups (broad SMARTS) is 1. The highest BCUT2D eigenvalue weighted by Crippen LogP contribution is 2.44. The second-order valence-corrected chi connectivity index (χ2v) is 7.98. The molecule has 7 heteroatoms. The number of carbonyl (C=O) groups is 3. The minimum atomic E-state index is -0.926. The third-order valence-corrected chi connectivity index (χ3v) is 5.72. The van der Waals surface area contributed by atoms with Crippen LogP contribution in [0.5, 0.6) is 0 Å². The number of rotatable bonds is 11. The second kappa shape index (κ2) is 11.3. The first-order valence-electron chi connectivity index (χ1n) is 11.1. The van der Waals surface area contributed by atoms with E-state index in [0.29, 0.717) is 32.2 Å². The van der Waals surface area contributed by atoms with Gasteiger partial charge in [-0.1, -0.05) is 55.5 Å². The summed E-state index contributed by atoms with van der Waals surface area (Å²) in [5.74, 6) is -1.07. The predicted octanol–water partition coefficient (Wildman–Crippen LogP) is 4.06. The minimum Gasteiger partial charge on any atom is -0.481 e. The first-order valence-corrected chi connectivity index (χ1v) is 11.1. The number of alkyl carbamates (subject to hydrolysis) is 1. The van der Waals surface area contributed by atoms with Crippen LogP contribution in [0.25, 0.3) is 11.1 Å². The number of carboxylic acids is 1. The van der Waals surface area contributed by atoms with Crippen LogP contribution in [0.3, 0.4) is 0 Å². The lowest BCUT2D eigenvalue weighted by atomic mass is 9.98. The number of hydrogen-bond donors (Lipinski definition) is 3. The number of hydrogen-bond acceptors (Lipinski definition) is 4. The molecule has 7 nitrogen and oxygen atoms in total. The Hall–Kier alpha value is -3.35. The molecule has 0 saturated heterocycles. The Morgan fingerprint density at radius 3 is 2.22 bits per heavy atom. The van der Waals surface area contributed by atoms with Gasteiger partial charge in [-0.25, -0.2) is 4.79 Å². The molecule has 0 aromatic heterocycles. The summed E-state index contributed by atoms with van der Waals surface area (Å²) in [5, 5.41) is 14.3.